The van der Waals surface area contributed by atoms with Gasteiger partial charge in [0.2, 0.25) is 0 Å². The van der Waals surface area contributed by atoms with E-state index in [-0.39, 0.29) is 28.9 Å². The first-order valence-electron chi connectivity index (χ1n) is 14.2. The van der Waals surface area contributed by atoms with Crippen molar-refractivity contribution < 1.29 is 23.8 Å². The van der Waals surface area contributed by atoms with E-state index in [1.54, 1.807) is 12.1 Å². The Bertz CT molecular complexity index is 1240. The van der Waals surface area contributed by atoms with E-state index >= 15 is 0 Å². The lowest BCUT2D eigenvalue weighted by molar-refractivity contribution is 0.0683. The van der Waals surface area contributed by atoms with Gasteiger partial charge in [-0.05, 0) is 59.8 Å². The molecule has 0 amide bonds. The van der Waals surface area contributed by atoms with Gasteiger partial charge in [0, 0.05) is 12.6 Å². The molecule has 7 heteroatoms. The number of carbonyl (C=O) groups is 1. The van der Waals surface area contributed by atoms with Gasteiger partial charge in [0.1, 0.15) is 23.7 Å². The van der Waals surface area contributed by atoms with Crippen molar-refractivity contribution in [2.75, 3.05) is 13.2 Å². The lowest BCUT2D eigenvalue weighted by atomic mass is 10.1. The van der Waals surface area contributed by atoms with Gasteiger partial charge >= 0.3 is 5.97 Å². The average molecular weight is 562 g/mol. The number of benzene rings is 3. The Morgan fingerprint density at radius 3 is 2.12 bits per heavy atom. The van der Waals surface area contributed by atoms with Gasteiger partial charge in [-0.2, -0.15) is 0 Å². The van der Waals surface area contributed by atoms with E-state index < -0.39 is 14.3 Å². The minimum absolute atomic E-state index is 0.000607. The molecule has 4 rings (SSSR count). The van der Waals surface area contributed by atoms with Crippen LogP contribution in [0.4, 0.5) is 0 Å². The van der Waals surface area contributed by atoms with Gasteiger partial charge in [-0.25, -0.2) is 4.79 Å². The summed E-state index contributed by atoms with van der Waals surface area (Å²) in [6.07, 6.45) is 1.46. The van der Waals surface area contributed by atoms with Crippen molar-refractivity contribution in [1.82, 2.24) is 5.32 Å². The summed E-state index contributed by atoms with van der Waals surface area (Å²) in [7, 11) is -2.66. The van der Waals surface area contributed by atoms with Gasteiger partial charge < -0.3 is 24.3 Å². The molecule has 1 aliphatic rings. The monoisotopic (exact) mass is 561 g/mol. The van der Waals surface area contributed by atoms with Gasteiger partial charge in [0.25, 0.3) is 8.32 Å². The van der Waals surface area contributed by atoms with Gasteiger partial charge in [-0.1, -0.05) is 88.4 Å². The largest absolute Gasteiger partial charge is 0.491 e. The zero-order valence-electron chi connectivity index (χ0n) is 24.6. The van der Waals surface area contributed by atoms with Gasteiger partial charge in [0.05, 0.1) is 12.2 Å². The van der Waals surface area contributed by atoms with E-state index in [1.807, 2.05) is 20.8 Å². The summed E-state index contributed by atoms with van der Waals surface area (Å²) in [5.74, 6) is -0.367. The molecule has 214 valence electrons. The van der Waals surface area contributed by atoms with Crippen LogP contribution in [-0.2, 0) is 4.43 Å². The highest BCUT2D eigenvalue weighted by Crippen LogP contribution is 2.38. The second-order valence-electron chi connectivity index (χ2n) is 11.8. The van der Waals surface area contributed by atoms with Crippen LogP contribution in [0.1, 0.15) is 63.4 Å². The minimum Gasteiger partial charge on any atom is -0.491 e. The van der Waals surface area contributed by atoms with Gasteiger partial charge in [0.15, 0.2) is 0 Å². The normalized spacial score (nSPS) is 18.4. The maximum absolute atomic E-state index is 12.2. The lowest BCUT2D eigenvalue weighted by Crippen LogP contribution is -2.67. The Morgan fingerprint density at radius 1 is 1.02 bits per heavy atom. The van der Waals surface area contributed by atoms with Crippen molar-refractivity contribution in [1.29, 1.82) is 0 Å². The highest BCUT2D eigenvalue weighted by molar-refractivity contribution is 6.99. The Balaban J connectivity index is 1.55. The third-order valence-electron chi connectivity index (χ3n) is 7.71. The molecule has 40 heavy (non-hydrogen) atoms. The number of aromatic carboxylic acids is 1. The molecule has 1 unspecified atom stereocenters. The third-order valence-corrected chi connectivity index (χ3v) is 12.8. The maximum Gasteiger partial charge on any atom is 0.343 e. The summed E-state index contributed by atoms with van der Waals surface area (Å²) in [6, 6.07) is 24.9. The van der Waals surface area contributed by atoms with E-state index in [2.05, 4.69) is 86.8 Å². The molecule has 6 nitrogen and oxygen atoms in total. The van der Waals surface area contributed by atoms with Crippen molar-refractivity contribution >= 4 is 24.7 Å². The Morgan fingerprint density at radius 2 is 1.60 bits per heavy atom. The predicted molar refractivity (Wildman–Crippen MR) is 163 cm³/mol. The summed E-state index contributed by atoms with van der Waals surface area (Å²) in [6.45, 7) is 13.8. The Kier molecular flexibility index (Phi) is 9.39. The van der Waals surface area contributed by atoms with E-state index in [0.717, 1.165) is 18.4 Å². The number of carboxylic acid groups (broad SMARTS) is 1. The summed E-state index contributed by atoms with van der Waals surface area (Å²) >= 11 is 0. The third kappa shape index (κ3) is 6.43. The van der Waals surface area contributed by atoms with Crippen LogP contribution in [0.15, 0.2) is 72.8 Å². The molecule has 0 saturated carbocycles. The first-order valence-corrected chi connectivity index (χ1v) is 16.2. The van der Waals surface area contributed by atoms with Crippen molar-refractivity contribution in [3.05, 3.63) is 83.9 Å². The SMILES string of the molecule is CCC(C)Oc1cc(C)cc(OC[C@H]2C[C@@H](O[Si](c3ccccc3)(c3ccccc3)C(C)(C)C)CN2)c1C(=O)O. The van der Waals surface area contributed by atoms with Crippen molar-refractivity contribution in [3.8, 4) is 11.5 Å². The van der Waals surface area contributed by atoms with Crippen LogP contribution in [0.3, 0.4) is 0 Å². The highest BCUT2D eigenvalue weighted by atomic mass is 28.4. The molecule has 3 atom stereocenters. The standard InChI is InChI=1S/C33H43NO5Si/c1-7-24(3)38-30-19-23(2)18-29(31(30)32(35)36)37-22-25-20-26(21-34-25)39-40(33(4,5)6,27-14-10-8-11-15-27)28-16-12-9-13-17-28/h8-19,24-26,34H,7,20-22H2,1-6H3,(H,35,36)/t24?,25-,26-/m1/s1. The lowest BCUT2D eigenvalue weighted by Gasteiger charge is -2.44. The number of ether oxygens (including phenoxy) is 2. The molecular weight excluding hydrogens is 518 g/mol. The second kappa shape index (κ2) is 12.6. The van der Waals surface area contributed by atoms with Crippen molar-refractivity contribution in [2.45, 2.75) is 77.7 Å². The maximum atomic E-state index is 12.2. The van der Waals surface area contributed by atoms with Crippen molar-refractivity contribution in [2.24, 2.45) is 0 Å². The summed E-state index contributed by atoms with van der Waals surface area (Å²) in [5.41, 5.74) is 0.967. The molecule has 0 radical (unpaired) electrons. The molecule has 3 aromatic rings. The molecule has 0 aliphatic carbocycles. The molecule has 0 aromatic heterocycles. The zero-order valence-corrected chi connectivity index (χ0v) is 25.6. The number of rotatable bonds is 11. The molecular formula is C33H43NO5Si. The number of aryl methyl sites for hydroxylation is 1. The summed E-state index contributed by atoms with van der Waals surface area (Å²) < 4.78 is 19.4. The van der Waals surface area contributed by atoms with Crippen LogP contribution < -0.4 is 25.2 Å². The van der Waals surface area contributed by atoms with Crippen LogP contribution in [0.2, 0.25) is 5.04 Å². The first kappa shape index (κ1) is 29.8. The number of carboxylic acids is 1. The zero-order chi connectivity index (χ0) is 28.9. The van der Waals surface area contributed by atoms with Crippen LogP contribution in [-0.4, -0.2) is 50.8 Å². The molecule has 1 saturated heterocycles. The van der Waals surface area contributed by atoms with E-state index in [0.29, 0.717) is 24.7 Å². The number of nitrogens with one attached hydrogen (secondary N) is 1. The second-order valence-corrected chi connectivity index (χ2v) is 16.1. The molecule has 0 bridgehead atoms. The predicted octanol–water partition coefficient (Wildman–Crippen LogP) is 5.56. The van der Waals surface area contributed by atoms with Gasteiger partial charge in [-0.15, -0.1) is 0 Å². The number of hydrogen-bond donors (Lipinski definition) is 2. The summed E-state index contributed by atoms with van der Waals surface area (Å²) in [5, 5.41) is 16.0. The highest BCUT2D eigenvalue weighted by Gasteiger charge is 2.52. The smallest absolute Gasteiger partial charge is 0.343 e. The van der Waals surface area contributed by atoms with Crippen LogP contribution in [0.25, 0.3) is 0 Å². The van der Waals surface area contributed by atoms with E-state index in [9.17, 15) is 9.90 Å². The average Bonchev–Trinajstić information content (AvgIpc) is 3.37. The summed E-state index contributed by atoms with van der Waals surface area (Å²) in [4.78, 5) is 12.2. The van der Waals surface area contributed by atoms with E-state index in [4.69, 9.17) is 13.9 Å². The fourth-order valence-electron chi connectivity index (χ4n) is 5.57. The quantitative estimate of drug-likeness (QED) is 0.299. The fourth-order valence-corrected chi connectivity index (χ4v) is 10.3. The molecule has 2 N–H and O–H groups in total. The molecule has 1 fully saturated rings. The van der Waals surface area contributed by atoms with Crippen molar-refractivity contribution in [3.63, 3.8) is 0 Å². The Hall–Kier alpha value is -3.13. The Labute approximate surface area is 239 Å². The first-order chi connectivity index (χ1) is 19.0. The van der Waals surface area contributed by atoms with Crippen LogP contribution >= 0.6 is 0 Å². The van der Waals surface area contributed by atoms with Crippen LogP contribution in [0, 0.1) is 6.92 Å². The number of hydrogen-bond acceptors (Lipinski definition) is 5. The van der Waals surface area contributed by atoms with Gasteiger partial charge in [-0.3, -0.25) is 0 Å². The van der Waals surface area contributed by atoms with E-state index in [1.165, 1.54) is 10.4 Å². The molecule has 3 aromatic carbocycles. The molecule has 1 aliphatic heterocycles. The van der Waals surface area contributed by atoms with Crippen LogP contribution in [0.5, 0.6) is 11.5 Å². The minimum atomic E-state index is -2.66. The topological polar surface area (TPSA) is 77.0 Å². The fraction of sp³-hybridized carbons (Fsp3) is 0.424. The molecule has 1 heterocycles. The molecule has 0 spiro atoms.